The van der Waals surface area contributed by atoms with Crippen molar-refractivity contribution in [3.63, 3.8) is 0 Å². The number of methoxy groups -OCH3 is 1. The predicted octanol–water partition coefficient (Wildman–Crippen LogP) is 2.57. The summed E-state index contributed by atoms with van der Waals surface area (Å²) in [4.78, 5) is 10.6. The Bertz CT molecular complexity index is 317. The third-order valence-corrected chi connectivity index (χ3v) is 1.83. The van der Waals surface area contributed by atoms with Gasteiger partial charge in [-0.3, -0.25) is 0 Å². The van der Waals surface area contributed by atoms with Gasteiger partial charge in [0.2, 0.25) is 0 Å². The molecule has 15 heavy (non-hydrogen) atoms. The second kappa shape index (κ2) is 6.65. The van der Waals surface area contributed by atoms with Gasteiger partial charge in [0.05, 0.1) is 7.11 Å². The van der Waals surface area contributed by atoms with Crippen molar-refractivity contribution in [2.24, 2.45) is 0 Å². The lowest BCUT2D eigenvalue weighted by atomic mass is 10.1. The maximum absolute atomic E-state index is 10.6. The van der Waals surface area contributed by atoms with Crippen LogP contribution >= 0.6 is 0 Å². The number of hydrogen-bond acceptors (Lipinski definition) is 3. The standard InChI is InChI=1S/C12H14O3/c1-14-12(13)15-10-6-5-9-11-7-3-2-4-8-11/h2-8H,9-10H2,1H3/b6-5+. The molecule has 0 unspecified atom stereocenters. The maximum Gasteiger partial charge on any atom is 0.508 e. The Morgan fingerprint density at radius 3 is 2.67 bits per heavy atom. The van der Waals surface area contributed by atoms with Crippen molar-refractivity contribution in [3.8, 4) is 0 Å². The molecule has 1 rings (SSSR count). The summed E-state index contributed by atoms with van der Waals surface area (Å²) < 4.78 is 9.00. The summed E-state index contributed by atoms with van der Waals surface area (Å²) in [5, 5.41) is 0. The van der Waals surface area contributed by atoms with E-state index in [2.05, 4.69) is 9.47 Å². The highest BCUT2D eigenvalue weighted by Crippen LogP contribution is 1.99. The molecule has 0 atom stereocenters. The molecule has 0 aromatic heterocycles. The summed E-state index contributed by atoms with van der Waals surface area (Å²) in [6.45, 7) is 0.250. The van der Waals surface area contributed by atoms with Crippen LogP contribution in [-0.2, 0) is 15.9 Å². The Morgan fingerprint density at radius 1 is 1.27 bits per heavy atom. The molecular formula is C12H14O3. The number of rotatable bonds is 4. The Kier molecular flexibility index (Phi) is 5.01. The zero-order chi connectivity index (χ0) is 10.9. The summed E-state index contributed by atoms with van der Waals surface area (Å²) in [5.41, 5.74) is 1.23. The van der Waals surface area contributed by atoms with Gasteiger partial charge < -0.3 is 9.47 Å². The number of ether oxygens (including phenoxy) is 2. The van der Waals surface area contributed by atoms with Gasteiger partial charge >= 0.3 is 6.16 Å². The first-order valence-corrected chi connectivity index (χ1v) is 4.72. The molecular weight excluding hydrogens is 192 g/mol. The van der Waals surface area contributed by atoms with Crippen LogP contribution in [0.3, 0.4) is 0 Å². The topological polar surface area (TPSA) is 35.5 Å². The van der Waals surface area contributed by atoms with E-state index < -0.39 is 6.16 Å². The maximum atomic E-state index is 10.6. The van der Waals surface area contributed by atoms with Crippen molar-refractivity contribution in [3.05, 3.63) is 48.0 Å². The lowest BCUT2D eigenvalue weighted by Crippen LogP contribution is -2.03. The van der Waals surface area contributed by atoms with Crippen molar-refractivity contribution in [2.45, 2.75) is 6.42 Å². The van der Waals surface area contributed by atoms with Crippen LogP contribution in [0.4, 0.5) is 4.79 Å². The first-order valence-electron chi connectivity index (χ1n) is 4.72. The summed E-state index contributed by atoms with van der Waals surface area (Å²) in [6, 6.07) is 10.1. The molecule has 0 aliphatic carbocycles. The molecule has 80 valence electrons. The highest BCUT2D eigenvalue weighted by molar-refractivity contribution is 5.59. The smallest absolute Gasteiger partial charge is 0.438 e. The molecule has 3 heteroatoms. The van der Waals surface area contributed by atoms with E-state index in [-0.39, 0.29) is 6.61 Å². The Morgan fingerprint density at radius 2 is 2.00 bits per heavy atom. The van der Waals surface area contributed by atoms with E-state index in [1.54, 1.807) is 6.08 Å². The van der Waals surface area contributed by atoms with E-state index >= 15 is 0 Å². The zero-order valence-electron chi connectivity index (χ0n) is 8.68. The zero-order valence-corrected chi connectivity index (χ0v) is 8.68. The fraction of sp³-hybridized carbons (Fsp3) is 0.250. The summed E-state index contributed by atoms with van der Waals surface area (Å²) in [7, 11) is 1.29. The Balaban J connectivity index is 2.20. The quantitative estimate of drug-likeness (QED) is 0.561. The van der Waals surface area contributed by atoms with Gasteiger partial charge in [-0.25, -0.2) is 4.79 Å². The van der Waals surface area contributed by atoms with Crippen LogP contribution in [0.15, 0.2) is 42.5 Å². The van der Waals surface area contributed by atoms with Crippen molar-refractivity contribution < 1.29 is 14.3 Å². The fourth-order valence-corrected chi connectivity index (χ4v) is 1.08. The van der Waals surface area contributed by atoms with Crippen LogP contribution in [0.1, 0.15) is 5.56 Å². The van der Waals surface area contributed by atoms with E-state index in [9.17, 15) is 4.79 Å². The van der Waals surface area contributed by atoms with E-state index in [0.29, 0.717) is 0 Å². The average Bonchev–Trinajstić information content (AvgIpc) is 2.29. The van der Waals surface area contributed by atoms with Crippen molar-refractivity contribution in [2.75, 3.05) is 13.7 Å². The van der Waals surface area contributed by atoms with Crippen LogP contribution in [0, 0.1) is 0 Å². The molecule has 0 saturated carbocycles. The van der Waals surface area contributed by atoms with E-state index in [1.807, 2.05) is 36.4 Å². The molecule has 1 aromatic carbocycles. The number of carbonyl (C=O) groups is 1. The van der Waals surface area contributed by atoms with E-state index in [1.165, 1.54) is 12.7 Å². The third kappa shape index (κ3) is 4.86. The molecule has 0 fully saturated rings. The van der Waals surface area contributed by atoms with Gasteiger partial charge in [0.25, 0.3) is 0 Å². The van der Waals surface area contributed by atoms with Crippen LogP contribution in [0.2, 0.25) is 0 Å². The third-order valence-electron chi connectivity index (χ3n) is 1.83. The SMILES string of the molecule is COC(=O)OC/C=C/Cc1ccccc1. The van der Waals surface area contributed by atoms with Crippen molar-refractivity contribution in [1.82, 2.24) is 0 Å². The molecule has 0 spiro atoms. The number of hydrogen-bond donors (Lipinski definition) is 0. The fourth-order valence-electron chi connectivity index (χ4n) is 1.08. The molecule has 0 bridgehead atoms. The number of allylic oxidation sites excluding steroid dienone is 1. The molecule has 0 aliphatic heterocycles. The van der Waals surface area contributed by atoms with Crippen LogP contribution in [0.25, 0.3) is 0 Å². The summed E-state index contributed by atoms with van der Waals surface area (Å²) in [5.74, 6) is 0. The molecule has 0 saturated heterocycles. The summed E-state index contributed by atoms with van der Waals surface area (Å²) >= 11 is 0. The molecule has 0 heterocycles. The second-order valence-corrected chi connectivity index (χ2v) is 2.93. The minimum atomic E-state index is -0.653. The summed E-state index contributed by atoms with van der Waals surface area (Å²) in [6.07, 6.45) is 3.94. The minimum Gasteiger partial charge on any atom is -0.438 e. The molecule has 0 amide bonds. The van der Waals surface area contributed by atoms with Crippen LogP contribution in [-0.4, -0.2) is 19.9 Å². The molecule has 0 aliphatic rings. The number of carbonyl (C=O) groups excluding carboxylic acids is 1. The monoisotopic (exact) mass is 206 g/mol. The van der Waals surface area contributed by atoms with Crippen molar-refractivity contribution >= 4 is 6.16 Å². The molecule has 1 aromatic rings. The normalized spacial score (nSPS) is 10.2. The van der Waals surface area contributed by atoms with Gasteiger partial charge in [-0.1, -0.05) is 42.5 Å². The van der Waals surface area contributed by atoms with Crippen LogP contribution in [0.5, 0.6) is 0 Å². The highest BCUT2D eigenvalue weighted by atomic mass is 16.7. The second-order valence-electron chi connectivity index (χ2n) is 2.93. The highest BCUT2D eigenvalue weighted by Gasteiger charge is 1.95. The lowest BCUT2D eigenvalue weighted by molar-refractivity contribution is 0.0818. The average molecular weight is 206 g/mol. The minimum absolute atomic E-state index is 0.250. The van der Waals surface area contributed by atoms with Gasteiger partial charge in [-0.05, 0) is 12.0 Å². The first-order chi connectivity index (χ1) is 7.33. The van der Waals surface area contributed by atoms with Gasteiger partial charge in [-0.2, -0.15) is 0 Å². The molecule has 3 nitrogen and oxygen atoms in total. The van der Waals surface area contributed by atoms with E-state index in [4.69, 9.17) is 0 Å². The van der Waals surface area contributed by atoms with Crippen molar-refractivity contribution in [1.29, 1.82) is 0 Å². The van der Waals surface area contributed by atoms with Crippen LogP contribution < -0.4 is 0 Å². The molecule has 0 N–H and O–H groups in total. The van der Waals surface area contributed by atoms with Gasteiger partial charge in [0, 0.05) is 0 Å². The van der Waals surface area contributed by atoms with E-state index in [0.717, 1.165) is 6.42 Å². The lowest BCUT2D eigenvalue weighted by Gasteiger charge is -1.98. The Hall–Kier alpha value is -1.77. The largest absolute Gasteiger partial charge is 0.508 e. The van der Waals surface area contributed by atoms with Gasteiger partial charge in [-0.15, -0.1) is 0 Å². The number of benzene rings is 1. The first kappa shape index (κ1) is 11.3. The predicted molar refractivity (Wildman–Crippen MR) is 57.6 cm³/mol. The van der Waals surface area contributed by atoms with Gasteiger partial charge in [0.15, 0.2) is 0 Å². The van der Waals surface area contributed by atoms with Gasteiger partial charge in [0.1, 0.15) is 6.61 Å². The molecule has 0 radical (unpaired) electrons. The Labute approximate surface area is 89.3 Å².